The van der Waals surface area contributed by atoms with E-state index >= 15 is 0 Å². The molecule has 1 heterocycles. The van der Waals surface area contributed by atoms with Gasteiger partial charge in [0.1, 0.15) is 0 Å². The third-order valence-electron chi connectivity index (χ3n) is 2.23. The van der Waals surface area contributed by atoms with Gasteiger partial charge in [-0.1, -0.05) is 22.0 Å². The van der Waals surface area contributed by atoms with Crippen LogP contribution in [-0.4, -0.2) is 0 Å². The van der Waals surface area contributed by atoms with Crippen molar-refractivity contribution in [3.63, 3.8) is 0 Å². The molecule has 0 amide bonds. The molecule has 0 aliphatic rings. The van der Waals surface area contributed by atoms with E-state index in [2.05, 4.69) is 57.8 Å². The molecular formula is C10H8Br2S. The Morgan fingerprint density at radius 1 is 1.08 bits per heavy atom. The first-order chi connectivity index (χ1) is 6.11. The van der Waals surface area contributed by atoms with E-state index in [0.717, 1.165) is 0 Å². The number of rotatable bonds is 0. The number of halogens is 2. The lowest BCUT2D eigenvalue weighted by atomic mass is 10.1. The highest BCUT2D eigenvalue weighted by atomic mass is 79.9. The van der Waals surface area contributed by atoms with Crippen LogP contribution in [0.3, 0.4) is 0 Å². The molecule has 0 aliphatic heterocycles. The van der Waals surface area contributed by atoms with Gasteiger partial charge in [-0.15, -0.1) is 11.3 Å². The predicted molar refractivity (Wildman–Crippen MR) is 66.7 cm³/mol. The van der Waals surface area contributed by atoms with Crippen LogP contribution >= 0.6 is 43.2 Å². The Morgan fingerprint density at radius 2 is 1.77 bits per heavy atom. The Bertz CT molecular complexity index is 471. The van der Waals surface area contributed by atoms with Crippen molar-refractivity contribution in [2.45, 2.75) is 13.8 Å². The molecule has 1 aromatic heterocycles. The van der Waals surface area contributed by atoms with Crippen molar-refractivity contribution in [1.29, 1.82) is 0 Å². The van der Waals surface area contributed by atoms with Crippen LogP contribution in [0.4, 0.5) is 0 Å². The van der Waals surface area contributed by atoms with Crippen LogP contribution in [0.15, 0.2) is 20.4 Å². The molecule has 1 aromatic carbocycles. The molecule has 0 bridgehead atoms. The van der Waals surface area contributed by atoms with Crippen LogP contribution in [0.2, 0.25) is 0 Å². The molecule has 0 fully saturated rings. The van der Waals surface area contributed by atoms with Gasteiger partial charge < -0.3 is 0 Å². The maximum Gasteiger partial charge on any atom is 0.0740 e. The van der Waals surface area contributed by atoms with Crippen LogP contribution in [0.25, 0.3) is 10.1 Å². The summed E-state index contributed by atoms with van der Waals surface area (Å²) in [6.07, 6.45) is 0. The summed E-state index contributed by atoms with van der Waals surface area (Å²) in [6, 6.07) is 4.28. The van der Waals surface area contributed by atoms with Crippen molar-refractivity contribution in [1.82, 2.24) is 0 Å². The first-order valence-corrected chi connectivity index (χ1v) is 6.35. The van der Waals surface area contributed by atoms with Crippen molar-refractivity contribution in [2.75, 3.05) is 0 Å². The van der Waals surface area contributed by atoms with E-state index in [1.54, 1.807) is 11.3 Å². The highest BCUT2D eigenvalue weighted by molar-refractivity contribution is 9.11. The molecule has 0 unspecified atom stereocenters. The molecule has 0 nitrogen and oxygen atoms in total. The van der Waals surface area contributed by atoms with Gasteiger partial charge in [-0.3, -0.25) is 0 Å². The van der Waals surface area contributed by atoms with Gasteiger partial charge in [0.15, 0.2) is 0 Å². The Morgan fingerprint density at radius 3 is 2.46 bits per heavy atom. The van der Waals surface area contributed by atoms with Crippen LogP contribution in [0, 0.1) is 13.8 Å². The van der Waals surface area contributed by atoms with Crippen LogP contribution in [-0.2, 0) is 0 Å². The van der Waals surface area contributed by atoms with Crippen molar-refractivity contribution in [2.24, 2.45) is 0 Å². The molecule has 0 N–H and O–H groups in total. The van der Waals surface area contributed by atoms with Crippen LogP contribution in [0.1, 0.15) is 11.1 Å². The predicted octanol–water partition coefficient (Wildman–Crippen LogP) is 5.04. The zero-order chi connectivity index (χ0) is 9.59. The second-order valence-electron chi connectivity index (χ2n) is 3.05. The molecule has 3 heteroatoms. The minimum atomic E-state index is 1.19. The molecule has 0 saturated carbocycles. The second-order valence-corrected chi connectivity index (χ2v) is 6.24. The van der Waals surface area contributed by atoms with E-state index in [-0.39, 0.29) is 0 Å². The lowest BCUT2D eigenvalue weighted by Crippen LogP contribution is -1.75. The molecule has 0 aliphatic carbocycles. The van der Waals surface area contributed by atoms with E-state index < -0.39 is 0 Å². The van der Waals surface area contributed by atoms with E-state index in [4.69, 9.17) is 0 Å². The summed E-state index contributed by atoms with van der Waals surface area (Å²) in [4.78, 5) is 0. The number of hydrogen-bond acceptors (Lipinski definition) is 1. The molecule has 2 rings (SSSR count). The van der Waals surface area contributed by atoms with Gasteiger partial charge in [-0.2, -0.15) is 0 Å². The average molecular weight is 320 g/mol. The van der Waals surface area contributed by atoms with Gasteiger partial charge in [0.25, 0.3) is 0 Å². The summed E-state index contributed by atoms with van der Waals surface area (Å²) in [5, 5.41) is 1.36. The van der Waals surface area contributed by atoms with Gasteiger partial charge >= 0.3 is 0 Å². The van der Waals surface area contributed by atoms with E-state index in [9.17, 15) is 0 Å². The quantitative estimate of drug-likeness (QED) is 0.638. The lowest BCUT2D eigenvalue weighted by molar-refractivity contribution is 1.49. The fourth-order valence-corrected chi connectivity index (χ4v) is 3.56. The van der Waals surface area contributed by atoms with Gasteiger partial charge in [0, 0.05) is 9.17 Å². The molecule has 0 spiro atoms. The van der Waals surface area contributed by atoms with Crippen molar-refractivity contribution < 1.29 is 0 Å². The first-order valence-electron chi connectivity index (χ1n) is 3.95. The lowest BCUT2D eigenvalue weighted by Gasteiger charge is -1.98. The minimum Gasteiger partial charge on any atom is -0.128 e. The number of thiophene rings is 1. The highest BCUT2D eigenvalue weighted by Crippen LogP contribution is 2.38. The maximum atomic E-state index is 3.57. The summed E-state index contributed by atoms with van der Waals surface area (Å²) in [5.41, 5.74) is 2.67. The van der Waals surface area contributed by atoms with Crippen LogP contribution in [0.5, 0.6) is 0 Å². The molecule has 0 saturated heterocycles. The number of fused-ring (bicyclic) bond motifs is 1. The van der Waals surface area contributed by atoms with Crippen molar-refractivity contribution in [3.05, 3.63) is 31.5 Å². The fraction of sp³-hybridized carbons (Fsp3) is 0.200. The maximum absolute atomic E-state index is 3.57. The van der Waals surface area contributed by atoms with E-state index in [0.29, 0.717) is 0 Å². The zero-order valence-corrected chi connectivity index (χ0v) is 11.3. The van der Waals surface area contributed by atoms with E-state index in [1.807, 2.05) is 0 Å². The van der Waals surface area contributed by atoms with Gasteiger partial charge in [0.05, 0.1) is 3.79 Å². The molecule has 68 valence electrons. The molecule has 0 radical (unpaired) electrons. The smallest absolute Gasteiger partial charge is 0.0740 e. The Hall–Kier alpha value is 0.140. The van der Waals surface area contributed by atoms with Crippen molar-refractivity contribution >= 4 is 53.3 Å². The Balaban J connectivity index is 2.94. The first kappa shape index (κ1) is 9.69. The summed E-state index contributed by atoms with van der Waals surface area (Å²) in [7, 11) is 0. The third-order valence-corrected chi connectivity index (χ3v) is 5.39. The Kier molecular flexibility index (Phi) is 2.51. The normalized spacial score (nSPS) is 11.1. The molecule has 13 heavy (non-hydrogen) atoms. The second kappa shape index (κ2) is 3.37. The molecule has 2 aromatic rings. The summed E-state index contributed by atoms with van der Waals surface area (Å²) in [5.74, 6) is 0. The number of aryl methyl sites for hydroxylation is 2. The summed E-state index contributed by atoms with van der Waals surface area (Å²) >= 11 is 8.92. The minimum absolute atomic E-state index is 1.19. The van der Waals surface area contributed by atoms with Gasteiger partial charge in [-0.25, -0.2) is 0 Å². The standard InChI is InChI=1S/C10H8Br2S/c1-5-7-3-4-8(11)6(2)9(7)13-10(5)12/h3-4H,1-2H3. The Labute approximate surface area is 98.2 Å². The SMILES string of the molecule is Cc1c(Br)sc2c(C)c(Br)ccc12. The highest BCUT2D eigenvalue weighted by Gasteiger charge is 2.09. The number of hydrogen-bond donors (Lipinski definition) is 0. The number of benzene rings is 1. The van der Waals surface area contributed by atoms with Crippen molar-refractivity contribution in [3.8, 4) is 0 Å². The van der Waals surface area contributed by atoms with Crippen LogP contribution < -0.4 is 0 Å². The largest absolute Gasteiger partial charge is 0.128 e. The monoisotopic (exact) mass is 318 g/mol. The topological polar surface area (TPSA) is 0 Å². The summed E-state index contributed by atoms with van der Waals surface area (Å²) in [6.45, 7) is 4.30. The fourth-order valence-electron chi connectivity index (χ4n) is 1.37. The zero-order valence-electron chi connectivity index (χ0n) is 7.32. The summed E-state index contributed by atoms with van der Waals surface area (Å²) < 4.78 is 3.80. The van der Waals surface area contributed by atoms with Gasteiger partial charge in [-0.05, 0) is 52.4 Å². The van der Waals surface area contributed by atoms with E-state index in [1.165, 1.54) is 29.5 Å². The average Bonchev–Trinajstić information content (AvgIpc) is 2.38. The molecular weight excluding hydrogens is 312 g/mol. The third kappa shape index (κ3) is 1.47. The van der Waals surface area contributed by atoms with Gasteiger partial charge in [0.2, 0.25) is 0 Å². The molecule has 0 atom stereocenters.